The lowest BCUT2D eigenvalue weighted by Crippen LogP contribution is -2.54. The highest BCUT2D eigenvalue weighted by Gasteiger charge is 2.48. The predicted octanol–water partition coefficient (Wildman–Crippen LogP) is 2.87. The third kappa shape index (κ3) is 4.47. The molecule has 3 aromatic heterocycles. The molecule has 7 rings (SSSR count). The second kappa shape index (κ2) is 9.40. The summed E-state index contributed by atoms with van der Waals surface area (Å²) in [4.78, 5) is 31.6. The molecule has 1 saturated heterocycles. The van der Waals surface area contributed by atoms with Crippen molar-refractivity contribution in [3.63, 3.8) is 0 Å². The molecule has 4 heterocycles. The fourth-order valence-corrected chi connectivity index (χ4v) is 6.11. The highest BCUT2D eigenvalue weighted by molar-refractivity contribution is 6.00. The summed E-state index contributed by atoms with van der Waals surface area (Å²) < 4.78 is 1.74. The van der Waals surface area contributed by atoms with Gasteiger partial charge in [-0.15, -0.1) is 0 Å². The second-order valence-corrected chi connectivity index (χ2v) is 10.9. The molecule has 0 atom stereocenters. The normalized spacial score (nSPS) is 24.5. The molecule has 3 aliphatic carbocycles. The van der Waals surface area contributed by atoms with Crippen LogP contribution >= 0.6 is 0 Å². The molecule has 10 nitrogen and oxygen atoms in total. The van der Waals surface area contributed by atoms with Gasteiger partial charge < -0.3 is 20.6 Å². The maximum absolute atomic E-state index is 13.3. The Hall–Kier alpha value is -3.97. The van der Waals surface area contributed by atoms with Gasteiger partial charge in [-0.1, -0.05) is 0 Å². The summed E-state index contributed by atoms with van der Waals surface area (Å²) in [6.07, 6.45) is 9.32. The number of aromatic nitrogens is 3. The fraction of sp³-hybridized carbons (Fsp3) is 0.464. The second-order valence-electron chi connectivity index (χ2n) is 10.9. The van der Waals surface area contributed by atoms with Crippen molar-refractivity contribution in [2.75, 3.05) is 25.0 Å². The summed E-state index contributed by atoms with van der Waals surface area (Å²) in [6.45, 7) is 1.61. The van der Waals surface area contributed by atoms with Crippen LogP contribution in [0.25, 0.3) is 16.9 Å². The zero-order valence-electron chi connectivity index (χ0n) is 21.2. The van der Waals surface area contributed by atoms with Crippen molar-refractivity contribution in [3.8, 4) is 17.5 Å². The molecule has 1 aliphatic heterocycles. The van der Waals surface area contributed by atoms with Crippen LogP contribution in [0.1, 0.15) is 67.3 Å². The zero-order chi connectivity index (χ0) is 26.3. The lowest BCUT2D eigenvalue weighted by atomic mass is 9.63. The Kier molecular flexibility index (Phi) is 6.03. The van der Waals surface area contributed by atoms with Gasteiger partial charge in [0.2, 0.25) is 5.91 Å². The summed E-state index contributed by atoms with van der Waals surface area (Å²) >= 11 is 0. The molecule has 0 radical (unpaired) electrons. The number of nitrogens with one attached hydrogen (secondary N) is 2. The molecule has 4 aliphatic rings. The van der Waals surface area contributed by atoms with Crippen LogP contribution in [-0.4, -0.2) is 67.2 Å². The van der Waals surface area contributed by atoms with E-state index in [1.54, 1.807) is 21.7 Å². The minimum absolute atomic E-state index is 0.135. The third-order valence-corrected chi connectivity index (χ3v) is 8.49. The number of aliphatic hydroxyl groups is 1. The molecule has 0 spiro atoms. The molecule has 3 aromatic rings. The Labute approximate surface area is 220 Å². The van der Waals surface area contributed by atoms with Crippen molar-refractivity contribution in [1.29, 1.82) is 5.26 Å². The van der Waals surface area contributed by atoms with Gasteiger partial charge in [-0.25, -0.2) is 4.52 Å². The fourth-order valence-electron chi connectivity index (χ4n) is 6.11. The summed E-state index contributed by atoms with van der Waals surface area (Å²) in [5, 5.41) is 31.0. The van der Waals surface area contributed by atoms with Crippen LogP contribution in [0.5, 0.6) is 0 Å². The van der Waals surface area contributed by atoms with Crippen LogP contribution in [0.4, 0.5) is 5.69 Å². The van der Waals surface area contributed by atoms with E-state index in [1.165, 1.54) is 6.20 Å². The highest BCUT2D eigenvalue weighted by Crippen LogP contribution is 2.48. The van der Waals surface area contributed by atoms with E-state index in [0.29, 0.717) is 42.0 Å². The van der Waals surface area contributed by atoms with Crippen LogP contribution in [-0.2, 0) is 4.79 Å². The van der Waals surface area contributed by atoms with Crippen LogP contribution in [0.2, 0.25) is 0 Å². The Bertz CT molecular complexity index is 1430. The molecular formula is C28H31N7O3. The number of likely N-dealkylation sites (tertiary alicyclic amines) is 1. The van der Waals surface area contributed by atoms with E-state index in [2.05, 4.69) is 26.8 Å². The van der Waals surface area contributed by atoms with Crippen molar-refractivity contribution in [2.24, 2.45) is 0 Å². The van der Waals surface area contributed by atoms with Gasteiger partial charge in [-0.05, 0) is 69.2 Å². The Balaban J connectivity index is 1.30. The van der Waals surface area contributed by atoms with Gasteiger partial charge in [0.1, 0.15) is 6.07 Å². The smallest absolute Gasteiger partial charge is 0.255 e. The summed E-state index contributed by atoms with van der Waals surface area (Å²) in [5.74, 6) is -0.106. The zero-order valence-corrected chi connectivity index (χ0v) is 21.2. The van der Waals surface area contributed by atoms with E-state index in [9.17, 15) is 20.0 Å². The van der Waals surface area contributed by atoms with Crippen molar-refractivity contribution in [1.82, 2.24) is 24.8 Å². The first-order chi connectivity index (χ1) is 18.4. The number of rotatable bonds is 7. The first kappa shape index (κ1) is 24.4. The van der Waals surface area contributed by atoms with Crippen LogP contribution in [0, 0.1) is 11.3 Å². The number of fused-ring (bicyclic) bond motifs is 4. The lowest BCUT2D eigenvalue weighted by Gasteiger charge is -2.51. The minimum atomic E-state index is -0.557. The standard InChI is InChI=1S/C28H31N7O3/c29-16-19-14-20-3-4-24(35(20)32-17-19)23-15-22(33-27-5-8-28(38,9-6-27)10-7-27)21(18-31-23)26(37)30-11-13-34-12-1-2-25(34)36/h3-4,14-15,17-18,38H,1-2,5-13H2,(H,30,37)(H,31,33). The predicted molar refractivity (Wildman–Crippen MR) is 140 cm³/mol. The number of pyridine rings is 1. The topological polar surface area (TPSA) is 136 Å². The number of hydrogen-bond acceptors (Lipinski definition) is 7. The largest absolute Gasteiger partial charge is 0.390 e. The number of hydrogen-bond donors (Lipinski definition) is 3. The van der Waals surface area contributed by atoms with Gasteiger partial charge in [0.05, 0.1) is 45.5 Å². The van der Waals surface area contributed by atoms with Gasteiger partial charge in [-0.3, -0.25) is 14.6 Å². The van der Waals surface area contributed by atoms with Gasteiger partial charge in [0.25, 0.3) is 5.91 Å². The number of nitrogens with zero attached hydrogens (tertiary/aromatic N) is 5. The third-order valence-electron chi connectivity index (χ3n) is 8.49. The molecule has 4 fully saturated rings. The van der Waals surface area contributed by atoms with E-state index in [1.807, 2.05) is 18.2 Å². The van der Waals surface area contributed by atoms with E-state index in [-0.39, 0.29) is 17.4 Å². The van der Waals surface area contributed by atoms with Crippen molar-refractivity contribution in [2.45, 2.75) is 62.5 Å². The maximum atomic E-state index is 13.3. The lowest BCUT2D eigenvalue weighted by molar-refractivity contribution is -0.127. The number of carbonyl (C=O) groups is 2. The van der Waals surface area contributed by atoms with E-state index < -0.39 is 5.60 Å². The minimum Gasteiger partial charge on any atom is -0.390 e. The average molecular weight is 514 g/mol. The average Bonchev–Trinajstić information content (AvgIpc) is 3.55. The van der Waals surface area contributed by atoms with Gasteiger partial charge >= 0.3 is 0 Å². The molecule has 0 aromatic carbocycles. The van der Waals surface area contributed by atoms with E-state index in [4.69, 9.17) is 0 Å². The molecule has 2 bridgehead atoms. The number of nitriles is 1. The number of amides is 2. The number of carbonyl (C=O) groups excluding carboxylic acids is 2. The van der Waals surface area contributed by atoms with E-state index in [0.717, 1.165) is 62.7 Å². The summed E-state index contributed by atoms with van der Waals surface area (Å²) in [7, 11) is 0. The van der Waals surface area contributed by atoms with Gasteiger partial charge in [0, 0.05) is 37.8 Å². The van der Waals surface area contributed by atoms with Crippen molar-refractivity contribution < 1.29 is 14.7 Å². The maximum Gasteiger partial charge on any atom is 0.255 e. The quantitative estimate of drug-likeness (QED) is 0.442. The molecule has 10 heteroatoms. The molecule has 3 saturated carbocycles. The molecule has 2 amide bonds. The number of anilines is 1. The summed E-state index contributed by atoms with van der Waals surface area (Å²) in [6, 6.07) is 9.57. The van der Waals surface area contributed by atoms with E-state index >= 15 is 0 Å². The molecule has 38 heavy (non-hydrogen) atoms. The van der Waals surface area contributed by atoms with Crippen molar-refractivity contribution >= 4 is 23.0 Å². The van der Waals surface area contributed by atoms with Crippen LogP contribution in [0.15, 0.2) is 36.7 Å². The highest BCUT2D eigenvalue weighted by atomic mass is 16.3. The van der Waals surface area contributed by atoms with Gasteiger partial charge in [0.15, 0.2) is 0 Å². The first-order valence-electron chi connectivity index (χ1n) is 13.3. The monoisotopic (exact) mass is 513 g/mol. The molecule has 0 unspecified atom stereocenters. The molecular weight excluding hydrogens is 482 g/mol. The molecule has 3 N–H and O–H groups in total. The Morgan fingerprint density at radius 3 is 2.63 bits per heavy atom. The molecule has 196 valence electrons. The Morgan fingerprint density at radius 1 is 1.13 bits per heavy atom. The SMILES string of the molecule is N#Cc1cnn2c(-c3cc(NC45CCC(O)(CC4)CC5)c(C(=O)NCCN4CCCC4=O)cn3)ccc2c1. The van der Waals surface area contributed by atoms with Gasteiger partial charge in [-0.2, -0.15) is 10.4 Å². The first-order valence-corrected chi connectivity index (χ1v) is 13.3. The van der Waals surface area contributed by atoms with Crippen LogP contribution in [0.3, 0.4) is 0 Å². The van der Waals surface area contributed by atoms with Crippen molar-refractivity contribution in [3.05, 3.63) is 47.8 Å². The summed E-state index contributed by atoms with van der Waals surface area (Å²) in [5.41, 5.74) is 3.08. The Morgan fingerprint density at radius 2 is 1.92 bits per heavy atom. The van der Waals surface area contributed by atoms with Crippen LogP contribution < -0.4 is 10.6 Å².